The highest BCUT2D eigenvalue weighted by molar-refractivity contribution is 5.33. The molecule has 1 heterocycles. The molecule has 0 bridgehead atoms. The molecule has 0 saturated carbocycles. The largest absolute Gasteiger partial charge is 0.490 e. The van der Waals surface area contributed by atoms with Crippen molar-refractivity contribution in [3.05, 3.63) is 29.6 Å². The molecular weight excluding hydrogens is 199 g/mol. The molecule has 1 fully saturated rings. The molecule has 1 aromatic carbocycles. The van der Waals surface area contributed by atoms with Crippen molar-refractivity contribution in [2.45, 2.75) is 19.1 Å². The van der Waals surface area contributed by atoms with E-state index in [4.69, 9.17) is 14.6 Å². The molecule has 1 aromatic rings. The highest BCUT2D eigenvalue weighted by atomic mass is 19.1. The molecule has 1 aliphatic rings. The molecule has 1 saturated heterocycles. The Bertz CT molecular complexity index is 361. The molecule has 0 aliphatic carbocycles. The molecule has 0 aromatic heterocycles. The minimum absolute atomic E-state index is 0.160. The molecule has 2 rings (SSSR count). The van der Waals surface area contributed by atoms with Crippen LogP contribution in [0.1, 0.15) is 12.5 Å². The Morgan fingerprint density at radius 2 is 2.33 bits per heavy atom. The Balaban J connectivity index is 2.08. The van der Waals surface area contributed by atoms with Crippen molar-refractivity contribution in [1.82, 2.24) is 0 Å². The minimum Gasteiger partial charge on any atom is -0.490 e. The second kappa shape index (κ2) is 3.79. The lowest BCUT2D eigenvalue weighted by molar-refractivity contribution is 0.195. The molecule has 1 N–H and O–H groups in total. The summed E-state index contributed by atoms with van der Waals surface area (Å²) in [6.45, 7) is 2.80. The number of aliphatic hydroxyl groups is 1. The number of aliphatic hydroxyl groups excluding tert-OH is 1. The smallest absolute Gasteiger partial charge is 0.127 e. The van der Waals surface area contributed by atoms with E-state index in [9.17, 15) is 4.39 Å². The molecule has 82 valence electrons. The summed E-state index contributed by atoms with van der Waals surface area (Å²) >= 11 is 0. The van der Waals surface area contributed by atoms with E-state index in [0.29, 0.717) is 24.5 Å². The van der Waals surface area contributed by atoms with Crippen molar-refractivity contribution in [2.75, 3.05) is 13.2 Å². The third-order valence-corrected chi connectivity index (χ3v) is 2.37. The molecule has 0 unspecified atom stereocenters. The van der Waals surface area contributed by atoms with Crippen LogP contribution < -0.4 is 4.74 Å². The van der Waals surface area contributed by atoms with E-state index in [2.05, 4.69) is 0 Å². The van der Waals surface area contributed by atoms with Gasteiger partial charge in [0.05, 0.1) is 13.2 Å². The second-order valence-electron chi connectivity index (χ2n) is 3.94. The van der Waals surface area contributed by atoms with E-state index in [1.807, 2.05) is 6.92 Å². The predicted octanol–water partition coefficient (Wildman–Crippen LogP) is 1.49. The number of epoxide rings is 1. The summed E-state index contributed by atoms with van der Waals surface area (Å²) in [6.07, 6.45) is 0. The van der Waals surface area contributed by atoms with Crippen LogP contribution >= 0.6 is 0 Å². The Hall–Kier alpha value is -1.13. The average molecular weight is 212 g/mol. The topological polar surface area (TPSA) is 42.0 Å². The monoisotopic (exact) mass is 212 g/mol. The van der Waals surface area contributed by atoms with Crippen LogP contribution in [0.4, 0.5) is 4.39 Å². The third kappa shape index (κ3) is 2.46. The first-order valence-electron chi connectivity index (χ1n) is 4.79. The van der Waals surface area contributed by atoms with Gasteiger partial charge in [-0.1, -0.05) is 6.07 Å². The standard InChI is InChI=1S/C11H13FO3/c1-11(7-15-11)6-14-10-4-9(12)3-2-8(10)5-13/h2-4,13H,5-7H2,1H3/t11-/m0/s1. The summed E-state index contributed by atoms with van der Waals surface area (Å²) in [4.78, 5) is 0. The summed E-state index contributed by atoms with van der Waals surface area (Å²) < 4.78 is 23.5. The van der Waals surface area contributed by atoms with Crippen molar-refractivity contribution >= 4 is 0 Å². The number of benzene rings is 1. The van der Waals surface area contributed by atoms with Crippen molar-refractivity contribution in [3.8, 4) is 5.75 Å². The van der Waals surface area contributed by atoms with Gasteiger partial charge in [-0.25, -0.2) is 4.39 Å². The van der Waals surface area contributed by atoms with Gasteiger partial charge < -0.3 is 14.6 Å². The van der Waals surface area contributed by atoms with Gasteiger partial charge in [-0.3, -0.25) is 0 Å². The zero-order valence-electron chi connectivity index (χ0n) is 8.50. The zero-order chi connectivity index (χ0) is 10.9. The fourth-order valence-electron chi connectivity index (χ4n) is 1.23. The first-order chi connectivity index (χ1) is 7.13. The maximum absolute atomic E-state index is 12.9. The van der Waals surface area contributed by atoms with Crippen LogP contribution in [0.5, 0.6) is 5.75 Å². The van der Waals surface area contributed by atoms with E-state index in [1.165, 1.54) is 18.2 Å². The molecule has 15 heavy (non-hydrogen) atoms. The Labute approximate surface area is 87.4 Å². The second-order valence-corrected chi connectivity index (χ2v) is 3.94. The molecule has 0 radical (unpaired) electrons. The normalized spacial score (nSPS) is 23.9. The van der Waals surface area contributed by atoms with Crippen LogP contribution in [0.3, 0.4) is 0 Å². The molecule has 1 aliphatic heterocycles. The van der Waals surface area contributed by atoms with Gasteiger partial charge in [-0.2, -0.15) is 0 Å². The van der Waals surface area contributed by atoms with E-state index in [-0.39, 0.29) is 18.0 Å². The van der Waals surface area contributed by atoms with E-state index in [0.717, 1.165) is 0 Å². The van der Waals surface area contributed by atoms with Crippen LogP contribution in [0.2, 0.25) is 0 Å². The van der Waals surface area contributed by atoms with Gasteiger partial charge in [0.15, 0.2) is 0 Å². The number of ether oxygens (including phenoxy) is 2. The highest BCUT2D eigenvalue weighted by Crippen LogP contribution is 2.28. The summed E-state index contributed by atoms with van der Waals surface area (Å²) in [5.74, 6) is 0.0123. The van der Waals surface area contributed by atoms with E-state index >= 15 is 0 Å². The lowest BCUT2D eigenvalue weighted by Gasteiger charge is -2.11. The fraction of sp³-hybridized carbons (Fsp3) is 0.455. The molecule has 3 nitrogen and oxygen atoms in total. The van der Waals surface area contributed by atoms with Gasteiger partial charge in [-0.15, -0.1) is 0 Å². The number of hydrogen-bond acceptors (Lipinski definition) is 3. The van der Waals surface area contributed by atoms with Crippen LogP contribution in [0.15, 0.2) is 18.2 Å². The molecular formula is C11H13FO3. The first-order valence-corrected chi connectivity index (χ1v) is 4.79. The van der Waals surface area contributed by atoms with E-state index < -0.39 is 0 Å². The van der Waals surface area contributed by atoms with Crippen LogP contribution in [-0.2, 0) is 11.3 Å². The van der Waals surface area contributed by atoms with Crippen molar-refractivity contribution < 1.29 is 19.0 Å². The summed E-state index contributed by atoms with van der Waals surface area (Å²) in [5.41, 5.74) is 0.347. The Kier molecular flexibility index (Phi) is 2.63. The van der Waals surface area contributed by atoms with Gasteiger partial charge in [0.25, 0.3) is 0 Å². The molecule has 0 spiro atoms. The highest BCUT2D eigenvalue weighted by Gasteiger charge is 2.40. The average Bonchev–Trinajstić information content (AvgIpc) is 2.95. The molecule has 1 atom stereocenters. The predicted molar refractivity (Wildman–Crippen MR) is 52.2 cm³/mol. The lowest BCUT2D eigenvalue weighted by atomic mass is 10.2. The van der Waals surface area contributed by atoms with E-state index in [1.54, 1.807) is 0 Å². The Morgan fingerprint density at radius 1 is 1.60 bits per heavy atom. The maximum Gasteiger partial charge on any atom is 0.127 e. The van der Waals surface area contributed by atoms with Crippen molar-refractivity contribution in [1.29, 1.82) is 0 Å². The van der Waals surface area contributed by atoms with Crippen molar-refractivity contribution in [2.24, 2.45) is 0 Å². The van der Waals surface area contributed by atoms with Gasteiger partial charge >= 0.3 is 0 Å². The first kappa shape index (κ1) is 10.4. The maximum atomic E-state index is 12.9. The number of hydrogen-bond donors (Lipinski definition) is 1. The zero-order valence-corrected chi connectivity index (χ0v) is 8.50. The molecule has 0 amide bonds. The lowest BCUT2D eigenvalue weighted by Crippen LogP contribution is -2.17. The number of halogens is 1. The van der Waals surface area contributed by atoms with Crippen LogP contribution in [-0.4, -0.2) is 23.9 Å². The minimum atomic E-state index is -0.371. The van der Waals surface area contributed by atoms with Gasteiger partial charge in [0, 0.05) is 11.6 Å². The Morgan fingerprint density at radius 3 is 2.93 bits per heavy atom. The fourth-order valence-corrected chi connectivity index (χ4v) is 1.23. The number of rotatable bonds is 4. The quantitative estimate of drug-likeness (QED) is 0.769. The van der Waals surface area contributed by atoms with Crippen molar-refractivity contribution in [3.63, 3.8) is 0 Å². The third-order valence-electron chi connectivity index (χ3n) is 2.37. The van der Waals surface area contributed by atoms with Crippen LogP contribution in [0.25, 0.3) is 0 Å². The van der Waals surface area contributed by atoms with Crippen LogP contribution in [0, 0.1) is 5.82 Å². The van der Waals surface area contributed by atoms with Gasteiger partial charge in [-0.05, 0) is 13.0 Å². The summed E-state index contributed by atoms with van der Waals surface area (Å²) in [5, 5.41) is 9.02. The van der Waals surface area contributed by atoms with Gasteiger partial charge in [0.1, 0.15) is 23.8 Å². The molecule has 4 heteroatoms. The van der Waals surface area contributed by atoms with Gasteiger partial charge in [0.2, 0.25) is 0 Å². The SMILES string of the molecule is C[C@]1(COc2cc(F)ccc2CO)CO1. The summed E-state index contributed by atoms with van der Waals surface area (Å²) in [7, 11) is 0. The summed E-state index contributed by atoms with van der Waals surface area (Å²) in [6, 6.07) is 4.09.